The predicted molar refractivity (Wildman–Crippen MR) is 74.7 cm³/mol. The maximum absolute atomic E-state index is 12.1. The van der Waals surface area contributed by atoms with E-state index in [0.29, 0.717) is 13.0 Å². The topological polar surface area (TPSA) is 80.7 Å². The monoisotopic (exact) mass is 298 g/mol. The van der Waals surface area contributed by atoms with Crippen molar-refractivity contribution in [2.75, 3.05) is 18.1 Å². The summed E-state index contributed by atoms with van der Waals surface area (Å²) in [4.78, 5) is 10.8. The van der Waals surface area contributed by atoms with E-state index in [1.54, 1.807) is 0 Å². The SMILES string of the molecule is CC(CS(=O)(=O)CC1CCOc2ccccc21)C(=O)O. The Morgan fingerprint density at radius 3 is 2.85 bits per heavy atom. The van der Waals surface area contributed by atoms with Crippen LogP contribution in [0.5, 0.6) is 5.75 Å². The molecule has 2 atom stereocenters. The smallest absolute Gasteiger partial charge is 0.307 e. The first kappa shape index (κ1) is 14.8. The summed E-state index contributed by atoms with van der Waals surface area (Å²) in [6.45, 7) is 1.91. The summed E-state index contributed by atoms with van der Waals surface area (Å²) in [5.41, 5.74) is 0.894. The van der Waals surface area contributed by atoms with E-state index < -0.39 is 21.7 Å². The minimum absolute atomic E-state index is 0.0228. The van der Waals surface area contributed by atoms with Gasteiger partial charge >= 0.3 is 5.97 Å². The van der Waals surface area contributed by atoms with E-state index in [0.717, 1.165) is 11.3 Å². The van der Waals surface area contributed by atoms with Crippen molar-refractivity contribution in [1.29, 1.82) is 0 Å². The van der Waals surface area contributed by atoms with Crippen LogP contribution >= 0.6 is 0 Å². The number of hydrogen-bond donors (Lipinski definition) is 1. The zero-order valence-electron chi connectivity index (χ0n) is 11.3. The van der Waals surface area contributed by atoms with Crippen LogP contribution in [0.1, 0.15) is 24.8 Å². The summed E-state index contributed by atoms with van der Waals surface area (Å²) in [5, 5.41) is 8.82. The molecule has 0 bridgehead atoms. The second-order valence-electron chi connectivity index (χ2n) is 5.19. The summed E-state index contributed by atoms with van der Waals surface area (Å²) in [7, 11) is -3.40. The zero-order valence-corrected chi connectivity index (χ0v) is 12.1. The lowest BCUT2D eigenvalue weighted by Crippen LogP contribution is -2.27. The number of carbonyl (C=O) groups is 1. The molecular weight excluding hydrogens is 280 g/mol. The molecule has 0 aliphatic carbocycles. The Morgan fingerprint density at radius 1 is 1.45 bits per heavy atom. The van der Waals surface area contributed by atoms with Gasteiger partial charge < -0.3 is 9.84 Å². The fourth-order valence-corrected chi connectivity index (χ4v) is 4.42. The summed E-state index contributed by atoms with van der Waals surface area (Å²) >= 11 is 0. The van der Waals surface area contributed by atoms with Gasteiger partial charge in [0.25, 0.3) is 0 Å². The number of hydrogen-bond acceptors (Lipinski definition) is 4. The maximum Gasteiger partial charge on any atom is 0.307 e. The quantitative estimate of drug-likeness (QED) is 0.894. The molecule has 1 heterocycles. The zero-order chi connectivity index (χ0) is 14.8. The lowest BCUT2D eigenvalue weighted by molar-refractivity contribution is -0.140. The van der Waals surface area contributed by atoms with Crippen molar-refractivity contribution >= 4 is 15.8 Å². The summed E-state index contributed by atoms with van der Waals surface area (Å²) in [6, 6.07) is 7.40. The van der Waals surface area contributed by atoms with Gasteiger partial charge in [0.05, 0.1) is 24.0 Å². The van der Waals surface area contributed by atoms with Crippen LogP contribution in [-0.2, 0) is 14.6 Å². The largest absolute Gasteiger partial charge is 0.493 e. The van der Waals surface area contributed by atoms with Gasteiger partial charge in [-0.15, -0.1) is 0 Å². The molecule has 0 saturated carbocycles. The van der Waals surface area contributed by atoms with Crippen LogP contribution in [0.4, 0.5) is 0 Å². The molecule has 0 aromatic heterocycles. The third-order valence-electron chi connectivity index (χ3n) is 3.46. The lowest BCUT2D eigenvalue weighted by atomic mass is 9.95. The van der Waals surface area contributed by atoms with E-state index in [9.17, 15) is 13.2 Å². The lowest BCUT2D eigenvalue weighted by Gasteiger charge is -2.25. The van der Waals surface area contributed by atoms with Gasteiger partial charge in [0.2, 0.25) is 0 Å². The number of benzene rings is 1. The summed E-state index contributed by atoms with van der Waals surface area (Å²) < 4.78 is 29.7. The number of para-hydroxylation sites is 1. The molecule has 1 aromatic carbocycles. The van der Waals surface area contributed by atoms with Gasteiger partial charge in [-0.2, -0.15) is 0 Å². The molecule has 1 aliphatic heterocycles. The second kappa shape index (κ2) is 5.83. The van der Waals surface area contributed by atoms with Crippen LogP contribution in [0.15, 0.2) is 24.3 Å². The highest BCUT2D eigenvalue weighted by Gasteiger charge is 2.28. The molecule has 0 saturated heterocycles. The van der Waals surface area contributed by atoms with Gasteiger partial charge in [-0.05, 0) is 18.1 Å². The van der Waals surface area contributed by atoms with E-state index in [4.69, 9.17) is 9.84 Å². The van der Waals surface area contributed by atoms with Crippen molar-refractivity contribution in [3.8, 4) is 5.75 Å². The highest BCUT2D eigenvalue weighted by Crippen LogP contribution is 2.34. The number of rotatable bonds is 5. The second-order valence-corrected chi connectivity index (χ2v) is 7.34. The van der Waals surface area contributed by atoms with Gasteiger partial charge in [0.1, 0.15) is 5.75 Å². The summed E-state index contributed by atoms with van der Waals surface area (Å²) in [6.07, 6.45) is 0.637. The molecule has 1 aliphatic rings. The number of sulfone groups is 1. The Balaban J connectivity index is 2.13. The molecule has 2 unspecified atom stereocenters. The minimum Gasteiger partial charge on any atom is -0.493 e. The molecule has 1 aromatic rings. The van der Waals surface area contributed by atoms with Crippen molar-refractivity contribution in [2.24, 2.45) is 5.92 Å². The van der Waals surface area contributed by atoms with Crippen LogP contribution in [0, 0.1) is 5.92 Å². The number of carboxylic acids is 1. The van der Waals surface area contributed by atoms with Gasteiger partial charge in [-0.1, -0.05) is 25.1 Å². The van der Waals surface area contributed by atoms with Crippen LogP contribution in [0.2, 0.25) is 0 Å². The molecule has 20 heavy (non-hydrogen) atoms. The predicted octanol–water partition coefficient (Wildman–Crippen LogP) is 1.69. The Labute approximate surface area is 118 Å². The fraction of sp³-hybridized carbons (Fsp3) is 0.500. The van der Waals surface area contributed by atoms with E-state index in [2.05, 4.69) is 0 Å². The Bertz CT molecular complexity index is 593. The Hall–Kier alpha value is -1.56. The molecule has 0 amide bonds. The first-order chi connectivity index (χ1) is 9.39. The molecule has 5 nitrogen and oxygen atoms in total. The van der Waals surface area contributed by atoms with Crippen molar-refractivity contribution in [3.63, 3.8) is 0 Å². The molecule has 6 heteroatoms. The highest BCUT2D eigenvalue weighted by atomic mass is 32.2. The minimum atomic E-state index is -3.40. The number of carboxylic acid groups (broad SMARTS) is 1. The first-order valence-electron chi connectivity index (χ1n) is 6.54. The average Bonchev–Trinajstić information content (AvgIpc) is 2.38. The van der Waals surface area contributed by atoms with Crippen LogP contribution < -0.4 is 4.74 Å². The van der Waals surface area contributed by atoms with Gasteiger partial charge in [-0.3, -0.25) is 4.79 Å². The van der Waals surface area contributed by atoms with E-state index in [1.807, 2.05) is 24.3 Å². The van der Waals surface area contributed by atoms with Crippen LogP contribution in [0.3, 0.4) is 0 Å². The first-order valence-corrected chi connectivity index (χ1v) is 8.36. The Kier molecular flexibility index (Phi) is 4.32. The molecule has 110 valence electrons. The number of aliphatic carboxylic acids is 1. The molecule has 0 fully saturated rings. The molecule has 0 spiro atoms. The highest BCUT2D eigenvalue weighted by molar-refractivity contribution is 7.91. The van der Waals surface area contributed by atoms with Crippen LogP contribution in [0.25, 0.3) is 0 Å². The van der Waals surface area contributed by atoms with E-state index in [-0.39, 0.29) is 17.4 Å². The van der Waals surface area contributed by atoms with Gasteiger partial charge in [-0.25, -0.2) is 8.42 Å². The average molecular weight is 298 g/mol. The molecule has 1 N–H and O–H groups in total. The van der Waals surface area contributed by atoms with Crippen molar-refractivity contribution in [2.45, 2.75) is 19.3 Å². The van der Waals surface area contributed by atoms with E-state index >= 15 is 0 Å². The van der Waals surface area contributed by atoms with Crippen LogP contribution in [-0.4, -0.2) is 37.6 Å². The third-order valence-corrected chi connectivity index (χ3v) is 5.38. The normalized spacial score (nSPS) is 19.8. The van der Waals surface area contributed by atoms with Gasteiger partial charge in [0.15, 0.2) is 9.84 Å². The Morgan fingerprint density at radius 2 is 2.15 bits per heavy atom. The third kappa shape index (κ3) is 3.50. The number of ether oxygens (including phenoxy) is 1. The van der Waals surface area contributed by atoms with Crippen molar-refractivity contribution in [3.05, 3.63) is 29.8 Å². The van der Waals surface area contributed by atoms with E-state index in [1.165, 1.54) is 6.92 Å². The van der Waals surface area contributed by atoms with Gasteiger partial charge in [0, 0.05) is 5.92 Å². The fourth-order valence-electron chi connectivity index (χ4n) is 2.42. The summed E-state index contributed by atoms with van der Waals surface area (Å²) in [5.74, 6) is -1.69. The molecular formula is C14H18O5S. The maximum atomic E-state index is 12.1. The molecule has 0 radical (unpaired) electrons. The molecule has 2 rings (SSSR count). The standard InChI is InChI=1S/C14H18O5S/c1-10(14(15)16)8-20(17,18)9-11-6-7-19-13-5-3-2-4-12(11)13/h2-5,10-11H,6-9H2,1H3,(H,15,16). The van der Waals surface area contributed by atoms with Crippen molar-refractivity contribution < 1.29 is 23.1 Å². The van der Waals surface area contributed by atoms with Crippen molar-refractivity contribution in [1.82, 2.24) is 0 Å². The number of fused-ring (bicyclic) bond motifs is 1.